The van der Waals surface area contributed by atoms with Gasteiger partial charge < -0.3 is 0 Å². The van der Waals surface area contributed by atoms with Crippen LogP contribution in [0.15, 0.2) is 11.6 Å². The first-order chi connectivity index (χ1) is 4.59. The van der Waals surface area contributed by atoms with Gasteiger partial charge in [-0.25, -0.2) is 0 Å². The monoisotopic (exact) mass is 158 g/mol. The highest BCUT2D eigenvalue weighted by molar-refractivity contribution is 6.25. The van der Waals surface area contributed by atoms with Crippen molar-refractivity contribution >= 4 is 17.4 Å². The highest BCUT2D eigenvalue weighted by Gasteiger charge is 2.45. The molecule has 0 aliphatic heterocycles. The van der Waals surface area contributed by atoms with Crippen LogP contribution in [0.3, 0.4) is 0 Å². The first-order valence-corrected chi connectivity index (χ1v) is 3.83. The molecule has 0 radical (unpaired) electrons. The summed E-state index contributed by atoms with van der Waals surface area (Å²) in [4.78, 5) is 11.0. The third-order valence-electron chi connectivity index (χ3n) is 2.36. The topological polar surface area (TPSA) is 17.1 Å². The van der Waals surface area contributed by atoms with Gasteiger partial charge in [0.25, 0.3) is 0 Å². The molecular weight excluding hydrogens is 148 g/mol. The Bertz CT molecular complexity index is 182. The Balaban J connectivity index is 2.63. The molecule has 0 saturated heterocycles. The standard InChI is InChI=1S/C8H11ClO/c1-8(2)6(3-4-9)5-7(8)10/h3-4,6H,5H2,1-2H3/b4-3+. The Morgan fingerprint density at radius 2 is 2.30 bits per heavy atom. The van der Waals surface area contributed by atoms with E-state index in [1.165, 1.54) is 5.54 Å². The number of rotatable bonds is 1. The Labute approximate surface area is 66.1 Å². The quantitative estimate of drug-likeness (QED) is 0.573. The number of allylic oxidation sites excluding steroid dienone is 1. The van der Waals surface area contributed by atoms with Crippen molar-refractivity contribution in [1.82, 2.24) is 0 Å². The van der Waals surface area contributed by atoms with Crippen LogP contribution in [0.1, 0.15) is 20.3 Å². The first-order valence-electron chi connectivity index (χ1n) is 3.39. The molecule has 1 saturated carbocycles. The third kappa shape index (κ3) is 0.988. The van der Waals surface area contributed by atoms with Crippen LogP contribution in [0, 0.1) is 11.3 Å². The van der Waals surface area contributed by atoms with E-state index in [9.17, 15) is 4.79 Å². The van der Waals surface area contributed by atoms with E-state index in [0.29, 0.717) is 18.1 Å². The van der Waals surface area contributed by atoms with Gasteiger partial charge in [-0.1, -0.05) is 31.5 Å². The minimum absolute atomic E-state index is 0.161. The van der Waals surface area contributed by atoms with Crippen LogP contribution in [0.25, 0.3) is 0 Å². The molecular formula is C8H11ClO. The molecule has 1 aliphatic rings. The van der Waals surface area contributed by atoms with Gasteiger partial charge in [0.15, 0.2) is 0 Å². The molecule has 1 rings (SSSR count). The summed E-state index contributed by atoms with van der Waals surface area (Å²) in [6.45, 7) is 3.92. The fourth-order valence-electron chi connectivity index (χ4n) is 1.19. The molecule has 0 aromatic rings. The zero-order valence-electron chi connectivity index (χ0n) is 6.23. The molecule has 0 bridgehead atoms. The van der Waals surface area contributed by atoms with Gasteiger partial charge in [-0.15, -0.1) is 0 Å². The molecule has 0 amide bonds. The van der Waals surface area contributed by atoms with Gasteiger partial charge in [0.05, 0.1) is 0 Å². The molecule has 0 aromatic carbocycles. The molecule has 0 N–H and O–H groups in total. The third-order valence-corrected chi connectivity index (χ3v) is 2.50. The summed E-state index contributed by atoms with van der Waals surface area (Å²) in [5.41, 5.74) is 1.34. The van der Waals surface area contributed by atoms with E-state index in [0.717, 1.165) is 0 Å². The SMILES string of the molecule is CC1(C)C(=O)CC1/C=C/Cl. The van der Waals surface area contributed by atoms with Gasteiger partial charge in [0, 0.05) is 17.4 Å². The molecule has 2 heteroatoms. The summed E-state index contributed by atoms with van der Waals surface area (Å²) in [5, 5.41) is 0. The van der Waals surface area contributed by atoms with E-state index in [2.05, 4.69) is 0 Å². The molecule has 1 unspecified atom stereocenters. The van der Waals surface area contributed by atoms with E-state index >= 15 is 0 Å². The molecule has 0 heterocycles. The Kier molecular flexibility index (Phi) is 1.86. The van der Waals surface area contributed by atoms with E-state index < -0.39 is 0 Å². The second-order valence-electron chi connectivity index (χ2n) is 3.27. The maximum Gasteiger partial charge on any atom is 0.139 e. The largest absolute Gasteiger partial charge is 0.299 e. The number of hydrogen-bond donors (Lipinski definition) is 0. The van der Waals surface area contributed by atoms with Crippen LogP contribution in [0.2, 0.25) is 0 Å². The van der Waals surface area contributed by atoms with Gasteiger partial charge in [-0.3, -0.25) is 4.79 Å². The van der Waals surface area contributed by atoms with Crippen molar-refractivity contribution in [1.29, 1.82) is 0 Å². The van der Waals surface area contributed by atoms with Crippen LogP contribution in [0.5, 0.6) is 0 Å². The van der Waals surface area contributed by atoms with Crippen LogP contribution in [-0.4, -0.2) is 5.78 Å². The molecule has 1 atom stereocenters. The zero-order chi connectivity index (χ0) is 7.78. The smallest absolute Gasteiger partial charge is 0.139 e. The lowest BCUT2D eigenvalue weighted by Crippen LogP contribution is -2.44. The summed E-state index contributed by atoms with van der Waals surface area (Å²) in [7, 11) is 0. The van der Waals surface area contributed by atoms with Crippen molar-refractivity contribution in [3.8, 4) is 0 Å². The number of halogens is 1. The fraction of sp³-hybridized carbons (Fsp3) is 0.625. The predicted molar refractivity (Wildman–Crippen MR) is 41.9 cm³/mol. The molecule has 10 heavy (non-hydrogen) atoms. The van der Waals surface area contributed by atoms with Gasteiger partial charge in [0.2, 0.25) is 0 Å². The van der Waals surface area contributed by atoms with Gasteiger partial charge in [0.1, 0.15) is 5.78 Å². The molecule has 1 aliphatic carbocycles. The predicted octanol–water partition coefficient (Wildman–Crippen LogP) is 2.35. The second kappa shape index (κ2) is 2.39. The lowest BCUT2D eigenvalue weighted by Gasteiger charge is -2.40. The first kappa shape index (κ1) is 7.80. The van der Waals surface area contributed by atoms with Gasteiger partial charge >= 0.3 is 0 Å². The Hall–Kier alpha value is -0.300. The van der Waals surface area contributed by atoms with E-state index in [-0.39, 0.29) is 5.41 Å². The summed E-state index contributed by atoms with van der Waals surface area (Å²) < 4.78 is 0. The van der Waals surface area contributed by atoms with Crippen molar-refractivity contribution in [2.75, 3.05) is 0 Å². The van der Waals surface area contributed by atoms with Crippen molar-refractivity contribution < 1.29 is 4.79 Å². The zero-order valence-corrected chi connectivity index (χ0v) is 6.98. The highest BCUT2D eigenvalue weighted by Crippen LogP contribution is 2.43. The highest BCUT2D eigenvalue weighted by atomic mass is 35.5. The summed E-state index contributed by atoms with van der Waals surface area (Å²) in [6.07, 6.45) is 2.55. The van der Waals surface area contributed by atoms with Crippen molar-refractivity contribution in [2.24, 2.45) is 11.3 Å². The number of ketones is 1. The average molecular weight is 159 g/mol. The maximum atomic E-state index is 11.0. The summed E-state index contributed by atoms with van der Waals surface area (Å²) in [5.74, 6) is 0.699. The van der Waals surface area contributed by atoms with Crippen LogP contribution < -0.4 is 0 Å². The van der Waals surface area contributed by atoms with Crippen molar-refractivity contribution in [2.45, 2.75) is 20.3 Å². The van der Waals surface area contributed by atoms with Crippen LogP contribution in [0.4, 0.5) is 0 Å². The van der Waals surface area contributed by atoms with E-state index in [1.54, 1.807) is 0 Å². The van der Waals surface area contributed by atoms with Crippen molar-refractivity contribution in [3.05, 3.63) is 11.6 Å². The van der Waals surface area contributed by atoms with Crippen LogP contribution in [-0.2, 0) is 4.79 Å². The Morgan fingerprint density at radius 1 is 1.70 bits per heavy atom. The maximum absolute atomic E-state index is 11.0. The van der Waals surface area contributed by atoms with Gasteiger partial charge in [-0.2, -0.15) is 0 Å². The minimum Gasteiger partial charge on any atom is -0.299 e. The Morgan fingerprint density at radius 3 is 2.60 bits per heavy atom. The minimum atomic E-state index is -0.161. The molecule has 56 valence electrons. The normalized spacial score (nSPS) is 30.7. The summed E-state index contributed by atoms with van der Waals surface area (Å²) in [6, 6.07) is 0. The van der Waals surface area contributed by atoms with Crippen molar-refractivity contribution in [3.63, 3.8) is 0 Å². The average Bonchev–Trinajstić information content (AvgIpc) is 1.88. The molecule has 1 nitrogen and oxygen atoms in total. The molecule has 0 aromatic heterocycles. The van der Waals surface area contributed by atoms with Crippen LogP contribution >= 0.6 is 11.6 Å². The van der Waals surface area contributed by atoms with Gasteiger partial charge in [-0.05, 0) is 5.92 Å². The van der Waals surface area contributed by atoms with E-state index in [4.69, 9.17) is 11.6 Å². The number of carbonyl (C=O) groups is 1. The lowest BCUT2D eigenvalue weighted by atomic mass is 9.61. The number of Topliss-reactive ketones (excluding diaryl/α,β-unsaturated/α-hetero) is 1. The fourth-order valence-corrected chi connectivity index (χ4v) is 1.37. The number of carbonyl (C=O) groups excluding carboxylic acids is 1. The lowest BCUT2D eigenvalue weighted by molar-refractivity contribution is -0.139. The molecule has 0 spiro atoms. The second-order valence-corrected chi connectivity index (χ2v) is 3.53. The number of hydrogen-bond acceptors (Lipinski definition) is 1. The summed E-state index contributed by atoms with van der Waals surface area (Å²) >= 11 is 5.39. The van der Waals surface area contributed by atoms with E-state index in [1.807, 2.05) is 19.9 Å². The molecule has 1 fully saturated rings.